The molecule has 0 aromatic heterocycles. The molecule has 3 nitrogen and oxygen atoms in total. The van der Waals surface area contributed by atoms with Gasteiger partial charge in [-0.3, -0.25) is 0 Å². The summed E-state index contributed by atoms with van der Waals surface area (Å²) in [6, 6.07) is 5.89. The largest absolute Gasteiger partial charge is 0.496 e. The van der Waals surface area contributed by atoms with E-state index in [-0.39, 0.29) is 0 Å². The molecule has 1 N–H and O–H groups in total. The van der Waals surface area contributed by atoms with Crippen LogP contribution in [-0.2, 0) is 6.54 Å². The molecule has 0 aliphatic carbocycles. The van der Waals surface area contributed by atoms with E-state index >= 15 is 0 Å². The average Bonchev–Trinajstić information content (AvgIpc) is 2.27. The van der Waals surface area contributed by atoms with Crippen LogP contribution in [0.4, 0.5) is 0 Å². The van der Waals surface area contributed by atoms with Gasteiger partial charge in [-0.25, -0.2) is 0 Å². The van der Waals surface area contributed by atoms with E-state index in [2.05, 4.69) is 12.2 Å². The van der Waals surface area contributed by atoms with Crippen molar-refractivity contribution in [3.63, 3.8) is 0 Å². The number of benzene rings is 1. The number of ether oxygens (including phenoxy) is 2. The summed E-state index contributed by atoms with van der Waals surface area (Å²) in [4.78, 5) is 0. The molecular formula is C12H19NO2. The van der Waals surface area contributed by atoms with Gasteiger partial charge in [-0.1, -0.05) is 6.92 Å². The lowest BCUT2D eigenvalue weighted by atomic mass is 10.2. The van der Waals surface area contributed by atoms with Gasteiger partial charge in [-0.15, -0.1) is 0 Å². The molecular weight excluding hydrogens is 190 g/mol. The second-order valence-corrected chi connectivity index (χ2v) is 3.19. The van der Waals surface area contributed by atoms with Gasteiger partial charge in [0.25, 0.3) is 0 Å². The quantitative estimate of drug-likeness (QED) is 0.779. The zero-order chi connectivity index (χ0) is 11.1. The van der Waals surface area contributed by atoms with Gasteiger partial charge in [0, 0.05) is 12.1 Å². The van der Waals surface area contributed by atoms with Crippen molar-refractivity contribution < 1.29 is 9.47 Å². The standard InChI is InChI=1S/C12H19NO2/c1-4-13-9-10-8-11(15-5-2)6-7-12(10)14-3/h6-8,13H,4-5,9H2,1-3H3. The first-order valence-corrected chi connectivity index (χ1v) is 5.32. The Morgan fingerprint density at radius 1 is 1.27 bits per heavy atom. The van der Waals surface area contributed by atoms with Crippen LogP contribution in [0.1, 0.15) is 19.4 Å². The predicted octanol–water partition coefficient (Wildman–Crippen LogP) is 2.20. The zero-order valence-corrected chi connectivity index (χ0v) is 9.67. The summed E-state index contributed by atoms with van der Waals surface area (Å²) in [7, 11) is 1.69. The topological polar surface area (TPSA) is 30.5 Å². The minimum Gasteiger partial charge on any atom is -0.496 e. The Hall–Kier alpha value is -1.22. The van der Waals surface area contributed by atoms with Crippen LogP contribution in [-0.4, -0.2) is 20.3 Å². The highest BCUT2D eigenvalue weighted by atomic mass is 16.5. The fourth-order valence-electron chi connectivity index (χ4n) is 1.41. The highest BCUT2D eigenvalue weighted by Crippen LogP contribution is 2.23. The molecule has 0 bridgehead atoms. The smallest absolute Gasteiger partial charge is 0.123 e. The summed E-state index contributed by atoms with van der Waals surface area (Å²) < 4.78 is 10.7. The second kappa shape index (κ2) is 6.30. The van der Waals surface area contributed by atoms with E-state index < -0.39 is 0 Å². The van der Waals surface area contributed by atoms with Crippen molar-refractivity contribution in [2.75, 3.05) is 20.3 Å². The SMILES string of the molecule is CCNCc1cc(OCC)ccc1OC. The van der Waals surface area contributed by atoms with Crippen LogP contribution in [0.15, 0.2) is 18.2 Å². The summed E-state index contributed by atoms with van der Waals surface area (Å²) >= 11 is 0. The highest BCUT2D eigenvalue weighted by molar-refractivity contribution is 5.40. The third-order valence-electron chi connectivity index (χ3n) is 2.13. The van der Waals surface area contributed by atoms with Crippen molar-refractivity contribution in [2.45, 2.75) is 20.4 Å². The highest BCUT2D eigenvalue weighted by Gasteiger charge is 2.04. The van der Waals surface area contributed by atoms with Gasteiger partial charge in [0.15, 0.2) is 0 Å². The normalized spacial score (nSPS) is 10.1. The molecule has 1 aromatic rings. The van der Waals surface area contributed by atoms with Crippen molar-refractivity contribution in [3.05, 3.63) is 23.8 Å². The Kier molecular flexibility index (Phi) is 4.98. The number of nitrogens with one attached hydrogen (secondary N) is 1. The maximum absolute atomic E-state index is 5.44. The van der Waals surface area contributed by atoms with Gasteiger partial charge in [0.1, 0.15) is 11.5 Å². The van der Waals surface area contributed by atoms with E-state index in [0.29, 0.717) is 6.61 Å². The van der Waals surface area contributed by atoms with Crippen LogP contribution in [0.5, 0.6) is 11.5 Å². The predicted molar refractivity (Wildman–Crippen MR) is 61.5 cm³/mol. The van der Waals surface area contributed by atoms with Crippen molar-refractivity contribution in [1.82, 2.24) is 5.32 Å². The monoisotopic (exact) mass is 209 g/mol. The minimum absolute atomic E-state index is 0.687. The molecule has 1 rings (SSSR count). The van der Waals surface area contributed by atoms with E-state index in [9.17, 15) is 0 Å². The first-order valence-electron chi connectivity index (χ1n) is 5.32. The Labute approximate surface area is 91.4 Å². The van der Waals surface area contributed by atoms with Gasteiger partial charge in [-0.2, -0.15) is 0 Å². The van der Waals surface area contributed by atoms with Crippen LogP contribution in [0.2, 0.25) is 0 Å². The molecule has 1 aromatic carbocycles. The van der Waals surface area contributed by atoms with Crippen molar-refractivity contribution in [1.29, 1.82) is 0 Å². The van der Waals surface area contributed by atoms with Crippen molar-refractivity contribution >= 4 is 0 Å². The van der Waals surface area contributed by atoms with E-state index in [4.69, 9.17) is 9.47 Å². The summed E-state index contributed by atoms with van der Waals surface area (Å²) in [6.45, 7) is 6.50. The number of hydrogen-bond acceptors (Lipinski definition) is 3. The summed E-state index contributed by atoms with van der Waals surface area (Å²) in [5.74, 6) is 1.80. The molecule has 0 atom stereocenters. The molecule has 0 amide bonds. The fourth-order valence-corrected chi connectivity index (χ4v) is 1.41. The van der Waals surface area contributed by atoms with E-state index in [1.807, 2.05) is 25.1 Å². The van der Waals surface area contributed by atoms with E-state index in [0.717, 1.165) is 30.2 Å². The number of methoxy groups -OCH3 is 1. The molecule has 0 saturated carbocycles. The third-order valence-corrected chi connectivity index (χ3v) is 2.13. The zero-order valence-electron chi connectivity index (χ0n) is 9.67. The maximum atomic E-state index is 5.44. The Morgan fingerprint density at radius 3 is 2.67 bits per heavy atom. The molecule has 84 valence electrons. The summed E-state index contributed by atoms with van der Waals surface area (Å²) in [5, 5.41) is 3.27. The molecule has 0 aliphatic heterocycles. The van der Waals surface area contributed by atoms with Gasteiger partial charge >= 0.3 is 0 Å². The van der Waals surface area contributed by atoms with Crippen LogP contribution >= 0.6 is 0 Å². The summed E-state index contributed by atoms with van der Waals surface area (Å²) in [6.07, 6.45) is 0. The van der Waals surface area contributed by atoms with Crippen molar-refractivity contribution in [2.24, 2.45) is 0 Å². The van der Waals surface area contributed by atoms with Crippen LogP contribution < -0.4 is 14.8 Å². The molecule has 0 aliphatic rings. The minimum atomic E-state index is 0.687. The lowest BCUT2D eigenvalue weighted by Crippen LogP contribution is -2.12. The molecule has 0 heterocycles. The summed E-state index contributed by atoms with van der Waals surface area (Å²) in [5.41, 5.74) is 1.13. The molecule has 3 heteroatoms. The Balaban J connectivity index is 2.81. The van der Waals surface area contributed by atoms with Gasteiger partial charge in [-0.05, 0) is 31.7 Å². The van der Waals surface area contributed by atoms with Gasteiger partial charge in [0.2, 0.25) is 0 Å². The molecule has 0 saturated heterocycles. The van der Waals surface area contributed by atoms with Crippen molar-refractivity contribution in [3.8, 4) is 11.5 Å². The average molecular weight is 209 g/mol. The molecule has 0 unspecified atom stereocenters. The van der Waals surface area contributed by atoms with Crippen LogP contribution in [0.25, 0.3) is 0 Å². The first kappa shape index (κ1) is 11.9. The number of hydrogen-bond donors (Lipinski definition) is 1. The third kappa shape index (κ3) is 3.44. The van der Waals surface area contributed by atoms with Gasteiger partial charge < -0.3 is 14.8 Å². The molecule has 0 spiro atoms. The first-order chi connectivity index (χ1) is 7.31. The van der Waals surface area contributed by atoms with Crippen LogP contribution in [0, 0.1) is 0 Å². The fraction of sp³-hybridized carbons (Fsp3) is 0.500. The Bertz CT molecular complexity index is 300. The second-order valence-electron chi connectivity index (χ2n) is 3.19. The molecule has 0 radical (unpaired) electrons. The molecule has 0 fully saturated rings. The lowest BCUT2D eigenvalue weighted by Gasteiger charge is -2.11. The van der Waals surface area contributed by atoms with Crippen LogP contribution in [0.3, 0.4) is 0 Å². The van der Waals surface area contributed by atoms with E-state index in [1.165, 1.54) is 0 Å². The van der Waals surface area contributed by atoms with Gasteiger partial charge in [0.05, 0.1) is 13.7 Å². The van der Waals surface area contributed by atoms with E-state index in [1.54, 1.807) is 7.11 Å². The maximum Gasteiger partial charge on any atom is 0.123 e. The Morgan fingerprint density at radius 2 is 2.07 bits per heavy atom. The molecule has 15 heavy (non-hydrogen) atoms. The lowest BCUT2D eigenvalue weighted by molar-refractivity contribution is 0.338. The number of rotatable bonds is 6.